The second-order valence-corrected chi connectivity index (χ2v) is 4.40. The van der Waals surface area contributed by atoms with Crippen molar-refractivity contribution in [2.24, 2.45) is 0 Å². The average molecular weight is 199 g/mol. The quantitative estimate of drug-likeness (QED) is 0.610. The minimum atomic E-state index is -0.221. The highest BCUT2D eigenvalue weighted by Gasteiger charge is 2.45. The Labute approximate surface area is 83.8 Å². The third-order valence-electron chi connectivity index (χ3n) is 3.41. The molecule has 2 rings (SSSR count). The maximum absolute atomic E-state index is 10.9. The highest BCUT2D eigenvalue weighted by Crippen LogP contribution is 2.36. The summed E-state index contributed by atoms with van der Waals surface area (Å²) in [6, 6.07) is 0.598. The van der Waals surface area contributed by atoms with Gasteiger partial charge in [-0.25, -0.2) is 0 Å². The third kappa shape index (κ3) is 1.64. The summed E-state index contributed by atoms with van der Waals surface area (Å²) in [5, 5.41) is 9.59. The van der Waals surface area contributed by atoms with Crippen molar-refractivity contribution in [3.05, 3.63) is 0 Å². The number of ether oxygens (including phenoxy) is 1. The number of aliphatic hydroxyl groups excluding tert-OH is 1. The van der Waals surface area contributed by atoms with Crippen LogP contribution in [0.25, 0.3) is 0 Å². The van der Waals surface area contributed by atoms with Crippen LogP contribution in [0, 0.1) is 0 Å². The molecule has 2 heterocycles. The summed E-state index contributed by atoms with van der Waals surface area (Å²) in [7, 11) is 2.05. The summed E-state index contributed by atoms with van der Waals surface area (Å²) >= 11 is 0. The fourth-order valence-electron chi connectivity index (χ4n) is 2.73. The van der Waals surface area contributed by atoms with Gasteiger partial charge in [-0.15, -0.1) is 0 Å². The van der Waals surface area contributed by atoms with Crippen molar-refractivity contribution in [2.45, 2.75) is 50.5 Å². The van der Waals surface area contributed by atoms with E-state index in [-0.39, 0.29) is 24.2 Å². The number of hydrogen-bond acceptors (Lipinski definition) is 4. The van der Waals surface area contributed by atoms with Gasteiger partial charge in [0, 0.05) is 25.4 Å². The van der Waals surface area contributed by atoms with Crippen molar-refractivity contribution in [3.8, 4) is 0 Å². The molecule has 2 saturated heterocycles. The lowest BCUT2D eigenvalue weighted by molar-refractivity contribution is -0.147. The normalized spacial score (nSPS) is 42.5. The topological polar surface area (TPSA) is 49.8 Å². The first-order chi connectivity index (χ1) is 6.58. The molecule has 0 aliphatic carbocycles. The van der Waals surface area contributed by atoms with Crippen LogP contribution in [-0.2, 0) is 9.53 Å². The molecule has 0 radical (unpaired) electrons. The van der Waals surface area contributed by atoms with E-state index in [2.05, 4.69) is 4.90 Å². The number of hydrogen-bond donors (Lipinski definition) is 1. The van der Waals surface area contributed by atoms with Crippen molar-refractivity contribution in [1.29, 1.82) is 0 Å². The van der Waals surface area contributed by atoms with Crippen LogP contribution in [0.4, 0.5) is 0 Å². The minimum absolute atomic E-state index is 0.0142. The van der Waals surface area contributed by atoms with E-state index in [0.29, 0.717) is 6.04 Å². The number of nitrogens with zero attached hydrogens (tertiary/aromatic N) is 1. The van der Waals surface area contributed by atoms with Crippen molar-refractivity contribution in [1.82, 2.24) is 4.90 Å². The number of aliphatic hydroxyl groups is 1. The van der Waals surface area contributed by atoms with Gasteiger partial charge in [-0.1, -0.05) is 0 Å². The molecule has 2 aliphatic rings. The number of likely N-dealkylation sites (N-methyl/N-ethyl adjacent to an activating group) is 1. The second-order valence-electron chi connectivity index (χ2n) is 4.40. The molecule has 0 aromatic heterocycles. The van der Waals surface area contributed by atoms with E-state index in [1.165, 1.54) is 6.92 Å². The lowest BCUT2D eigenvalue weighted by Gasteiger charge is -2.34. The number of carbonyl (C=O) groups is 1. The average Bonchev–Trinajstić information content (AvgIpc) is 2.30. The lowest BCUT2D eigenvalue weighted by atomic mass is 10.0. The summed E-state index contributed by atoms with van der Waals surface area (Å²) in [5.41, 5.74) is 0. The van der Waals surface area contributed by atoms with Crippen LogP contribution < -0.4 is 0 Å². The van der Waals surface area contributed by atoms with E-state index in [1.807, 2.05) is 7.05 Å². The van der Waals surface area contributed by atoms with Gasteiger partial charge in [-0.05, 0) is 19.9 Å². The van der Waals surface area contributed by atoms with E-state index >= 15 is 0 Å². The molecule has 2 aliphatic heterocycles. The molecule has 0 aromatic rings. The molecule has 14 heavy (non-hydrogen) atoms. The van der Waals surface area contributed by atoms with Gasteiger partial charge in [-0.3, -0.25) is 9.69 Å². The van der Waals surface area contributed by atoms with Crippen molar-refractivity contribution in [3.63, 3.8) is 0 Å². The molecule has 4 atom stereocenters. The molecule has 4 nitrogen and oxygen atoms in total. The summed E-state index contributed by atoms with van der Waals surface area (Å²) in [6.07, 6.45) is 2.18. The first-order valence-electron chi connectivity index (χ1n) is 5.15. The SMILES string of the molecule is CC(=O)O[C@@H]1C[C@H]2C[C@H](O)C[C@@H]1N2C. The van der Waals surface area contributed by atoms with Gasteiger partial charge in [0.1, 0.15) is 6.10 Å². The van der Waals surface area contributed by atoms with Crippen LogP contribution in [0.2, 0.25) is 0 Å². The standard InChI is InChI=1S/C10H17NO3/c1-6(12)14-10-4-7-3-8(13)5-9(10)11(7)2/h7-10,13H,3-5H2,1-2H3/t7-,8+,9+,10-/m1/s1. The molecule has 0 saturated carbocycles. The van der Waals surface area contributed by atoms with E-state index in [4.69, 9.17) is 4.74 Å². The van der Waals surface area contributed by atoms with Gasteiger partial charge in [0.2, 0.25) is 0 Å². The Morgan fingerprint density at radius 1 is 1.43 bits per heavy atom. The van der Waals surface area contributed by atoms with E-state index < -0.39 is 0 Å². The Balaban J connectivity index is 2.05. The summed E-state index contributed by atoms with van der Waals surface area (Å²) in [5.74, 6) is -0.217. The fourth-order valence-corrected chi connectivity index (χ4v) is 2.73. The van der Waals surface area contributed by atoms with Crippen molar-refractivity contribution < 1.29 is 14.6 Å². The number of fused-ring (bicyclic) bond motifs is 2. The molecule has 0 spiro atoms. The predicted molar refractivity (Wildman–Crippen MR) is 50.8 cm³/mol. The molecule has 1 N–H and O–H groups in total. The van der Waals surface area contributed by atoms with Gasteiger partial charge >= 0.3 is 5.97 Å². The van der Waals surface area contributed by atoms with Crippen LogP contribution >= 0.6 is 0 Å². The molecular weight excluding hydrogens is 182 g/mol. The van der Waals surface area contributed by atoms with Crippen molar-refractivity contribution in [2.75, 3.05) is 7.05 Å². The van der Waals surface area contributed by atoms with E-state index in [1.54, 1.807) is 0 Å². The summed E-state index contributed by atoms with van der Waals surface area (Å²) in [6.45, 7) is 1.44. The zero-order chi connectivity index (χ0) is 10.3. The van der Waals surface area contributed by atoms with Gasteiger partial charge < -0.3 is 9.84 Å². The highest BCUT2D eigenvalue weighted by atomic mass is 16.5. The van der Waals surface area contributed by atoms with Gasteiger partial charge in [-0.2, -0.15) is 0 Å². The summed E-state index contributed by atoms with van der Waals surface area (Å²) in [4.78, 5) is 13.1. The smallest absolute Gasteiger partial charge is 0.302 e. The molecule has 2 fully saturated rings. The third-order valence-corrected chi connectivity index (χ3v) is 3.41. The fraction of sp³-hybridized carbons (Fsp3) is 0.900. The Bertz CT molecular complexity index is 244. The van der Waals surface area contributed by atoms with E-state index in [9.17, 15) is 9.90 Å². The zero-order valence-electron chi connectivity index (χ0n) is 8.64. The Morgan fingerprint density at radius 2 is 2.14 bits per heavy atom. The van der Waals surface area contributed by atoms with Crippen LogP contribution in [0.15, 0.2) is 0 Å². The van der Waals surface area contributed by atoms with Gasteiger partial charge in [0.05, 0.1) is 6.10 Å². The zero-order valence-corrected chi connectivity index (χ0v) is 8.64. The molecule has 4 heteroatoms. The van der Waals surface area contributed by atoms with Crippen LogP contribution in [0.5, 0.6) is 0 Å². The molecular formula is C10H17NO3. The predicted octanol–water partition coefficient (Wildman–Crippen LogP) is 0.145. The van der Waals surface area contributed by atoms with Crippen LogP contribution in [0.3, 0.4) is 0 Å². The summed E-state index contributed by atoms with van der Waals surface area (Å²) < 4.78 is 5.25. The molecule has 2 bridgehead atoms. The van der Waals surface area contributed by atoms with Crippen LogP contribution in [-0.4, -0.2) is 47.3 Å². The maximum atomic E-state index is 10.9. The largest absolute Gasteiger partial charge is 0.461 e. The van der Waals surface area contributed by atoms with Crippen molar-refractivity contribution >= 4 is 5.97 Å². The van der Waals surface area contributed by atoms with Gasteiger partial charge in [0.25, 0.3) is 0 Å². The first kappa shape index (κ1) is 9.93. The Morgan fingerprint density at radius 3 is 2.79 bits per heavy atom. The Hall–Kier alpha value is -0.610. The van der Waals surface area contributed by atoms with Gasteiger partial charge in [0.15, 0.2) is 0 Å². The number of rotatable bonds is 1. The highest BCUT2D eigenvalue weighted by molar-refractivity contribution is 5.66. The molecule has 0 unspecified atom stereocenters. The monoisotopic (exact) mass is 199 g/mol. The second kappa shape index (κ2) is 3.51. The number of piperidine rings is 1. The number of carbonyl (C=O) groups excluding carboxylic acids is 1. The number of esters is 1. The lowest BCUT2D eigenvalue weighted by Crippen LogP contribution is -2.44. The van der Waals surface area contributed by atoms with Crippen LogP contribution in [0.1, 0.15) is 26.2 Å². The Kier molecular flexibility index (Phi) is 2.49. The molecule has 80 valence electrons. The molecule has 0 aromatic carbocycles. The molecule has 0 amide bonds. The van der Waals surface area contributed by atoms with E-state index in [0.717, 1.165) is 19.3 Å². The maximum Gasteiger partial charge on any atom is 0.302 e. The first-order valence-corrected chi connectivity index (χ1v) is 5.15. The minimum Gasteiger partial charge on any atom is -0.461 e.